The van der Waals surface area contributed by atoms with E-state index < -0.39 is 0 Å². The summed E-state index contributed by atoms with van der Waals surface area (Å²) in [5.74, 6) is 0. The van der Waals surface area contributed by atoms with Gasteiger partial charge in [-0.05, 0) is 24.1 Å². The van der Waals surface area contributed by atoms with Crippen LogP contribution in [0.3, 0.4) is 0 Å². The molecule has 0 fully saturated rings. The zero-order valence-corrected chi connectivity index (χ0v) is 7.63. The molecule has 0 saturated heterocycles. The van der Waals surface area contributed by atoms with E-state index in [0.29, 0.717) is 0 Å². The maximum absolute atomic E-state index is 2.33. The molecular formula is C10H11NS. The van der Waals surface area contributed by atoms with Crippen LogP contribution in [0.15, 0.2) is 47.4 Å². The van der Waals surface area contributed by atoms with Gasteiger partial charge in [0.2, 0.25) is 0 Å². The molecule has 0 aliphatic carbocycles. The molecule has 1 aliphatic rings. The molecule has 0 unspecified atom stereocenters. The maximum atomic E-state index is 2.33. The Bertz CT molecular complexity index is 260. The number of benzene rings is 1. The summed E-state index contributed by atoms with van der Waals surface area (Å²) in [4.78, 5) is 1.32. The Morgan fingerprint density at radius 2 is 1.67 bits per heavy atom. The number of rotatable bonds is 2. The minimum atomic E-state index is 1.07. The summed E-state index contributed by atoms with van der Waals surface area (Å²) in [5.41, 5.74) is 0. The molecule has 1 nitrogen and oxygen atoms in total. The molecule has 0 aromatic heterocycles. The summed E-state index contributed by atoms with van der Waals surface area (Å²) >= 11 is 1.82. The van der Waals surface area contributed by atoms with Crippen molar-refractivity contribution in [3.8, 4) is 0 Å². The Labute approximate surface area is 77.2 Å². The van der Waals surface area contributed by atoms with Gasteiger partial charge < -0.3 is 0 Å². The van der Waals surface area contributed by atoms with Gasteiger partial charge in [0.1, 0.15) is 0 Å². The van der Waals surface area contributed by atoms with E-state index in [4.69, 9.17) is 0 Å². The molecule has 1 aromatic carbocycles. The Morgan fingerprint density at radius 3 is 2.33 bits per heavy atom. The first-order valence-corrected chi connectivity index (χ1v) is 4.85. The Hall–Kier alpha value is -0.730. The normalized spacial score (nSPS) is 17.0. The third kappa shape index (κ3) is 1.90. The monoisotopic (exact) mass is 177 g/mol. The van der Waals surface area contributed by atoms with Crippen molar-refractivity contribution in [3.05, 3.63) is 42.5 Å². The summed E-state index contributed by atoms with van der Waals surface area (Å²) in [6.07, 6.45) is 4.41. The molecule has 0 saturated carbocycles. The van der Waals surface area contributed by atoms with E-state index in [-0.39, 0.29) is 0 Å². The van der Waals surface area contributed by atoms with Crippen molar-refractivity contribution in [2.75, 3.05) is 13.1 Å². The van der Waals surface area contributed by atoms with Gasteiger partial charge >= 0.3 is 0 Å². The lowest BCUT2D eigenvalue weighted by atomic mass is 10.4. The van der Waals surface area contributed by atoms with Crippen LogP contribution in [0, 0.1) is 0 Å². The van der Waals surface area contributed by atoms with E-state index in [1.54, 1.807) is 0 Å². The Kier molecular flexibility index (Phi) is 2.49. The first kappa shape index (κ1) is 7.90. The van der Waals surface area contributed by atoms with Crippen LogP contribution in [0.25, 0.3) is 0 Å². The van der Waals surface area contributed by atoms with Crippen LogP contribution in [-0.4, -0.2) is 17.4 Å². The van der Waals surface area contributed by atoms with Crippen LogP contribution in [0.4, 0.5) is 0 Å². The predicted molar refractivity (Wildman–Crippen MR) is 53.0 cm³/mol. The molecule has 0 radical (unpaired) electrons. The molecule has 0 amide bonds. The van der Waals surface area contributed by atoms with Crippen molar-refractivity contribution in [1.29, 1.82) is 0 Å². The molecule has 0 bridgehead atoms. The van der Waals surface area contributed by atoms with Gasteiger partial charge in [0.15, 0.2) is 0 Å². The fourth-order valence-electron chi connectivity index (χ4n) is 1.16. The lowest BCUT2D eigenvalue weighted by Gasteiger charge is -2.12. The van der Waals surface area contributed by atoms with Crippen molar-refractivity contribution in [1.82, 2.24) is 4.31 Å². The van der Waals surface area contributed by atoms with Crippen LogP contribution >= 0.6 is 11.9 Å². The van der Waals surface area contributed by atoms with E-state index in [2.05, 4.69) is 40.7 Å². The average Bonchev–Trinajstić information content (AvgIpc) is 2.59. The standard InChI is InChI=1S/C10H11NS/c1-2-6-10(7-3-1)12-11-8-4-5-9-11/h1-7H,8-9H2. The van der Waals surface area contributed by atoms with Crippen LogP contribution < -0.4 is 0 Å². The number of nitrogens with zero attached hydrogens (tertiary/aromatic N) is 1. The summed E-state index contributed by atoms with van der Waals surface area (Å²) in [5, 5.41) is 0. The minimum Gasteiger partial charge on any atom is -0.239 e. The van der Waals surface area contributed by atoms with Gasteiger partial charge in [0.05, 0.1) is 0 Å². The van der Waals surface area contributed by atoms with Crippen LogP contribution in [0.5, 0.6) is 0 Å². The molecule has 0 spiro atoms. The van der Waals surface area contributed by atoms with E-state index in [1.807, 2.05) is 18.0 Å². The molecule has 0 N–H and O–H groups in total. The van der Waals surface area contributed by atoms with E-state index >= 15 is 0 Å². The summed E-state index contributed by atoms with van der Waals surface area (Å²) in [6.45, 7) is 2.14. The number of hydrogen-bond acceptors (Lipinski definition) is 2. The summed E-state index contributed by atoms with van der Waals surface area (Å²) in [7, 11) is 0. The second kappa shape index (κ2) is 3.78. The smallest absolute Gasteiger partial charge is 0.0277 e. The SMILES string of the molecule is C1=CCN(Sc2ccccc2)C1. The van der Waals surface area contributed by atoms with Gasteiger partial charge in [-0.15, -0.1) is 0 Å². The molecule has 1 aromatic rings. The molecule has 1 aliphatic heterocycles. The largest absolute Gasteiger partial charge is 0.239 e. The third-order valence-corrected chi connectivity index (χ3v) is 2.80. The first-order valence-electron chi connectivity index (χ1n) is 4.08. The predicted octanol–water partition coefficient (Wildman–Crippen LogP) is 2.57. The van der Waals surface area contributed by atoms with Gasteiger partial charge in [-0.25, -0.2) is 4.31 Å². The van der Waals surface area contributed by atoms with Gasteiger partial charge in [-0.1, -0.05) is 30.4 Å². The Balaban J connectivity index is 1.95. The van der Waals surface area contributed by atoms with Crippen molar-refractivity contribution in [2.24, 2.45) is 0 Å². The third-order valence-electron chi connectivity index (χ3n) is 1.76. The molecular weight excluding hydrogens is 166 g/mol. The molecule has 12 heavy (non-hydrogen) atoms. The molecule has 2 rings (SSSR count). The zero-order chi connectivity index (χ0) is 8.23. The van der Waals surface area contributed by atoms with Crippen molar-refractivity contribution in [3.63, 3.8) is 0 Å². The highest BCUT2D eigenvalue weighted by molar-refractivity contribution is 7.97. The number of hydrogen-bond donors (Lipinski definition) is 0. The second-order valence-electron chi connectivity index (χ2n) is 2.72. The van der Waals surface area contributed by atoms with Gasteiger partial charge in [-0.3, -0.25) is 0 Å². The minimum absolute atomic E-state index is 1.07. The highest BCUT2D eigenvalue weighted by Crippen LogP contribution is 2.23. The van der Waals surface area contributed by atoms with Crippen LogP contribution in [-0.2, 0) is 0 Å². The highest BCUT2D eigenvalue weighted by Gasteiger charge is 2.06. The van der Waals surface area contributed by atoms with Crippen molar-refractivity contribution < 1.29 is 0 Å². The fraction of sp³-hybridized carbons (Fsp3) is 0.200. The average molecular weight is 177 g/mol. The van der Waals surface area contributed by atoms with Gasteiger partial charge in [-0.2, -0.15) is 0 Å². The lowest BCUT2D eigenvalue weighted by Crippen LogP contribution is -2.09. The van der Waals surface area contributed by atoms with Crippen LogP contribution in [0.2, 0.25) is 0 Å². The van der Waals surface area contributed by atoms with Crippen molar-refractivity contribution in [2.45, 2.75) is 4.90 Å². The summed E-state index contributed by atoms with van der Waals surface area (Å²) < 4.78 is 2.33. The molecule has 2 heteroatoms. The summed E-state index contributed by atoms with van der Waals surface area (Å²) in [6, 6.07) is 10.5. The topological polar surface area (TPSA) is 3.24 Å². The van der Waals surface area contributed by atoms with E-state index in [0.717, 1.165) is 13.1 Å². The van der Waals surface area contributed by atoms with Gasteiger partial charge in [0, 0.05) is 18.0 Å². The Morgan fingerprint density at radius 1 is 1.00 bits per heavy atom. The maximum Gasteiger partial charge on any atom is 0.0277 e. The van der Waals surface area contributed by atoms with E-state index in [9.17, 15) is 0 Å². The molecule has 1 heterocycles. The fourth-order valence-corrected chi connectivity index (χ4v) is 2.06. The second-order valence-corrected chi connectivity index (χ2v) is 3.89. The quantitative estimate of drug-likeness (QED) is 0.504. The molecule has 62 valence electrons. The lowest BCUT2D eigenvalue weighted by molar-refractivity contribution is 0.610. The highest BCUT2D eigenvalue weighted by atomic mass is 32.2. The molecule has 0 atom stereocenters. The van der Waals surface area contributed by atoms with E-state index in [1.165, 1.54) is 4.90 Å². The van der Waals surface area contributed by atoms with Crippen molar-refractivity contribution >= 4 is 11.9 Å². The zero-order valence-electron chi connectivity index (χ0n) is 6.81. The van der Waals surface area contributed by atoms with Gasteiger partial charge in [0.25, 0.3) is 0 Å². The van der Waals surface area contributed by atoms with Crippen LogP contribution in [0.1, 0.15) is 0 Å². The first-order chi connectivity index (χ1) is 5.95.